The molecular formula is C13H8Cl2N2O. The van der Waals surface area contributed by atoms with Crippen LogP contribution in [0.3, 0.4) is 0 Å². The van der Waals surface area contributed by atoms with E-state index in [9.17, 15) is 5.11 Å². The summed E-state index contributed by atoms with van der Waals surface area (Å²) in [5.74, 6) is 0.847. The fraction of sp³-hybridized carbons (Fsp3) is 0. The van der Waals surface area contributed by atoms with Crippen LogP contribution in [0.4, 0.5) is 0 Å². The Morgan fingerprint density at radius 2 is 1.94 bits per heavy atom. The van der Waals surface area contributed by atoms with Gasteiger partial charge in [0.25, 0.3) is 0 Å². The lowest BCUT2D eigenvalue weighted by Crippen LogP contribution is -1.88. The second-order valence-corrected chi connectivity index (χ2v) is 4.67. The van der Waals surface area contributed by atoms with Crippen LogP contribution in [0.5, 0.6) is 5.75 Å². The van der Waals surface area contributed by atoms with Crippen LogP contribution in [-0.4, -0.2) is 14.5 Å². The van der Waals surface area contributed by atoms with Crippen molar-refractivity contribution in [1.29, 1.82) is 0 Å². The van der Waals surface area contributed by atoms with E-state index < -0.39 is 0 Å². The lowest BCUT2D eigenvalue weighted by Gasteiger charge is -2.02. The summed E-state index contributed by atoms with van der Waals surface area (Å²) in [5.41, 5.74) is 1.53. The molecule has 0 aliphatic carbocycles. The highest BCUT2D eigenvalue weighted by atomic mass is 35.5. The lowest BCUT2D eigenvalue weighted by molar-refractivity contribution is 0.475. The van der Waals surface area contributed by atoms with Crippen LogP contribution >= 0.6 is 23.2 Å². The van der Waals surface area contributed by atoms with Gasteiger partial charge < -0.3 is 5.11 Å². The van der Waals surface area contributed by atoms with E-state index in [-0.39, 0.29) is 5.75 Å². The maximum absolute atomic E-state index is 9.46. The van der Waals surface area contributed by atoms with Gasteiger partial charge in [0.2, 0.25) is 0 Å². The van der Waals surface area contributed by atoms with E-state index in [0.717, 1.165) is 5.56 Å². The zero-order valence-corrected chi connectivity index (χ0v) is 10.7. The number of nitrogens with zero attached hydrogens (tertiary/aromatic N) is 2. The number of benzene rings is 1. The maximum atomic E-state index is 9.46. The Bertz CT molecular complexity index is 737. The van der Waals surface area contributed by atoms with Crippen molar-refractivity contribution in [2.24, 2.45) is 0 Å². The van der Waals surface area contributed by atoms with Gasteiger partial charge in [-0.3, -0.25) is 4.40 Å². The molecule has 3 aromatic rings. The number of fused-ring (bicyclic) bond motifs is 1. The Kier molecular flexibility index (Phi) is 2.65. The average Bonchev–Trinajstić information content (AvgIpc) is 2.67. The van der Waals surface area contributed by atoms with Crippen LogP contribution in [0.25, 0.3) is 16.9 Å². The largest absolute Gasteiger partial charge is 0.508 e. The van der Waals surface area contributed by atoms with E-state index in [1.807, 2.05) is 22.6 Å². The van der Waals surface area contributed by atoms with Gasteiger partial charge in [0, 0.05) is 22.8 Å². The van der Waals surface area contributed by atoms with Crippen molar-refractivity contribution in [3.63, 3.8) is 0 Å². The van der Waals surface area contributed by atoms with E-state index in [1.54, 1.807) is 24.4 Å². The number of aromatic hydroxyl groups is 1. The molecular weight excluding hydrogens is 271 g/mol. The molecule has 0 unspecified atom stereocenters. The lowest BCUT2D eigenvalue weighted by atomic mass is 10.2. The molecule has 0 spiro atoms. The van der Waals surface area contributed by atoms with Gasteiger partial charge in [-0.15, -0.1) is 0 Å². The first-order valence-corrected chi connectivity index (χ1v) is 6.03. The van der Waals surface area contributed by atoms with Gasteiger partial charge in [-0.2, -0.15) is 0 Å². The Morgan fingerprint density at radius 1 is 1.11 bits per heavy atom. The topological polar surface area (TPSA) is 37.5 Å². The fourth-order valence-corrected chi connectivity index (χ4v) is 2.28. The number of rotatable bonds is 1. The monoisotopic (exact) mass is 278 g/mol. The quantitative estimate of drug-likeness (QED) is 0.730. The number of imidazole rings is 1. The SMILES string of the molecule is Oc1ccn2c(-c3cccc(Cl)c3)nc(Cl)c2c1. The van der Waals surface area contributed by atoms with Gasteiger partial charge in [0.15, 0.2) is 5.15 Å². The first kappa shape index (κ1) is 11.4. The van der Waals surface area contributed by atoms with Crippen LogP contribution < -0.4 is 0 Å². The molecule has 5 heteroatoms. The minimum Gasteiger partial charge on any atom is -0.508 e. The molecule has 0 amide bonds. The summed E-state index contributed by atoms with van der Waals surface area (Å²) in [7, 11) is 0. The molecule has 2 heterocycles. The second-order valence-electron chi connectivity index (χ2n) is 3.88. The summed E-state index contributed by atoms with van der Waals surface area (Å²) < 4.78 is 1.81. The van der Waals surface area contributed by atoms with E-state index in [1.165, 1.54) is 0 Å². The third-order valence-corrected chi connectivity index (χ3v) is 3.18. The highest BCUT2D eigenvalue weighted by Gasteiger charge is 2.11. The van der Waals surface area contributed by atoms with E-state index >= 15 is 0 Å². The number of aromatic nitrogens is 2. The molecule has 1 N–H and O–H groups in total. The fourth-order valence-electron chi connectivity index (χ4n) is 1.87. The van der Waals surface area contributed by atoms with Gasteiger partial charge in [-0.25, -0.2) is 4.98 Å². The van der Waals surface area contributed by atoms with Crippen molar-refractivity contribution in [2.45, 2.75) is 0 Å². The van der Waals surface area contributed by atoms with Crippen molar-refractivity contribution in [3.05, 3.63) is 52.8 Å². The molecule has 18 heavy (non-hydrogen) atoms. The first-order chi connectivity index (χ1) is 8.65. The molecule has 3 rings (SSSR count). The Balaban J connectivity index is 2.30. The summed E-state index contributed by atoms with van der Waals surface area (Å²) in [5, 5.41) is 10.4. The molecule has 0 fully saturated rings. The zero-order valence-electron chi connectivity index (χ0n) is 9.14. The third kappa shape index (κ3) is 1.82. The predicted molar refractivity (Wildman–Crippen MR) is 72.3 cm³/mol. The number of hydrogen-bond acceptors (Lipinski definition) is 2. The van der Waals surface area contributed by atoms with Crippen LogP contribution in [0.1, 0.15) is 0 Å². The molecule has 0 atom stereocenters. The molecule has 0 saturated heterocycles. The number of pyridine rings is 1. The normalized spacial score (nSPS) is 11.0. The van der Waals surface area contributed by atoms with Gasteiger partial charge in [0.1, 0.15) is 11.6 Å². The summed E-state index contributed by atoms with van der Waals surface area (Å²) in [4.78, 5) is 4.30. The molecule has 0 aliphatic rings. The third-order valence-electron chi connectivity index (χ3n) is 2.66. The van der Waals surface area contributed by atoms with E-state index in [2.05, 4.69) is 4.98 Å². The minimum absolute atomic E-state index is 0.155. The standard InChI is InChI=1S/C13H8Cl2N2O/c14-9-3-1-2-8(6-9)13-16-12(15)11-7-10(18)4-5-17(11)13/h1-7,18H. The van der Waals surface area contributed by atoms with Gasteiger partial charge in [0.05, 0.1) is 5.52 Å². The van der Waals surface area contributed by atoms with E-state index in [4.69, 9.17) is 23.2 Å². The highest BCUT2D eigenvalue weighted by molar-refractivity contribution is 6.33. The molecule has 90 valence electrons. The Labute approximate surface area is 113 Å². The number of halogens is 2. The van der Waals surface area contributed by atoms with Gasteiger partial charge >= 0.3 is 0 Å². The van der Waals surface area contributed by atoms with Gasteiger partial charge in [-0.1, -0.05) is 35.3 Å². The number of hydrogen-bond donors (Lipinski definition) is 1. The molecule has 3 nitrogen and oxygen atoms in total. The molecule has 0 bridgehead atoms. The van der Waals surface area contributed by atoms with Gasteiger partial charge in [-0.05, 0) is 18.2 Å². The molecule has 0 aliphatic heterocycles. The Morgan fingerprint density at radius 3 is 2.72 bits per heavy atom. The Hall–Kier alpha value is -1.71. The van der Waals surface area contributed by atoms with Crippen molar-refractivity contribution < 1.29 is 5.11 Å². The summed E-state index contributed by atoms with van der Waals surface area (Å²) in [6.07, 6.45) is 1.72. The van der Waals surface area contributed by atoms with Crippen LogP contribution in [0.15, 0.2) is 42.6 Å². The van der Waals surface area contributed by atoms with Crippen LogP contribution in [0.2, 0.25) is 10.2 Å². The molecule has 0 radical (unpaired) electrons. The molecule has 0 saturated carbocycles. The van der Waals surface area contributed by atoms with Crippen molar-refractivity contribution in [3.8, 4) is 17.1 Å². The average molecular weight is 279 g/mol. The highest BCUT2D eigenvalue weighted by Crippen LogP contribution is 2.28. The van der Waals surface area contributed by atoms with Crippen molar-refractivity contribution in [2.75, 3.05) is 0 Å². The van der Waals surface area contributed by atoms with E-state index in [0.29, 0.717) is 21.5 Å². The van der Waals surface area contributed by atoms with Crippen molar-refractivity contribution in [1.82, 2.24) is 9.38 Å². The minimum atomic E-state index is 0.155. The predicted octanol–water partition coefficient (Wildman–Crippen LogP) is 4.01. The molecule has 2 aromatic heterocycles. The second kappa shape index (κ2) is 4.19. The molecule has 1 aromatic carbocycles. The van der Waals surface area contributed by atoms with Crippen molar-refractivity contribution >= 4 is 28.7 Å². The maximum Gasteiger partial charge on any atom is 0.155 e. The van der Waals surface area contributed by atoms with Crippen LogP contribution in [0, 0.1) is 0 Å². The summed E-state index contributed by atoms with van der Waals surface area (Å²) in [6.45, 7) is 0. The smallest absolute Gasteiger partial charge is 0.155 e. The summed E-state index contributed by atoms with van der Waals surface area (Å²) >= 11 is 12.0. The first-order valence-electron chi connectivity index (χ1n) is 5.27. The van der Waals surface area contributed by atoms with Crippen LogP contribution in [-0.2, 0) is 0 Å². The summed E-state index contributed by atoms with van der Waals surface area (Å²) in [6, 6.07) is 10.5. The zero-order chi connectivity index (χ0) is 12.7.